The van der Waals surface area contributed by atoms with Crippen LogP contribution in [0.25, 0.3) is 10.8 Å². The number of hydrogen-bond donors (Lipinski definition) is 3. The number of nitrogens with one attached hydrogen (secondary N) is 2. The van der Waals surface area contributed by atoms with Gasteiger partial charge in [0.05, 0.1) is 17.1 Å². The fourth-order valence-corrected chi connectivity index (χ4v) is 4.72. The Kier molecular flexibility index (Phi) is 6.23. The van der Waals surface area contributed by atoms with Crippen molar-refractivity contribution in [1.29, 1.82) is 0 Å². The lowest BCUT2D eigenvalue weighted by molar-refractivity contribution is -0.112. The molecule has 36 heavy (non-hydrogen) atoms. The van der Waals surface area contributed by atoms with E-state index in [0.29, 0.717) is 17.8 Å². The lowest BCUT2D eigenvalue weighted by Gasteiger charge is -2.17. The van der Waals surface area contributed by atoms with Crippen LogP contribution in [0.2, 0.25) is 0 Å². The van der Waals surface area contributed by atoms with Gasteiger partial charge in [0.25, 0.3) is 5.91 Å². The van der Waals surface area contributed by atoms with E-state index in [1.165, 1.54) is 24.3 Å². The third-order valence-electron chi connectivity index (χ3n) is 5.76. The Bertz CT molecular complexity index is 1630. The number of hydrazone groups is 1. The van der Waals surface area contributed by atoms with E-state index in [1.807, 2.05) is 54.6 Å². The molecular weight excluding hydrogens is 494 g/mol. The Morgan fingerprint density at radius 1 is 0.917 bits per heavy atom. The molecule has 0 fully saturated rings. The molecule has 5 rings (SSSR count). The van der Waals surface area contributed by atoms with Crippen LogP contribution in [0.3, 0.4) is 0 Å². The highest BCUT2D eigenvalue weighted by molar-refractivity contribution is 7.89. The molecule has 0 radical (unpaired) electrons. The monoisotopic (exact) mass is 515 g/mol. The van der Waals surface area contributed by atoms with Crippen LogP contribution < -0.4 is 20.8 Å². The molecule has 0 aliphatic carbocycles. The van der Waals surface area contributed by atoms with E-state index < -0.39 is 10.0 Å². The normalized spacial score (nSPS) is 14.2. The lowest BCUT2D eigenvalue weighted by Crippen LogP contribution is -2.32. The van der Waals surface area contributed by atoms with E-state index in [9.17, 15) is 13.2 Å². The SMILES string of the molecule is NS(=O)(=O)c1ccc(NC(=S)N/N=C2\C(=O)N(Cc3ccc4ccccc4c3)c3ccccc32)cc1. The van der Waals surface area contributed by atoms with Crippen molar-refractivity contribution in [2.45, 2.75) is 11.4 Å². The minimum Gasteiger partial charge on any atom is -0.331 e. The highest BCUT2D eigenvalue weighted by atomic mass is 32.2. The number of thiocarbonyl (C=S) groups is 1. The highest BCUT2D eigenvalue weighted by Crippen LogP contribution is 2.31. The molecule has 0 saturated heterocycles. The van der Waals surface area contributed by atoms with Crippen molar-refractivity contribution in [3.8, 4) is 0 Å². The summed E-state index contributed by atoms with van der Waals surface area (Å²) >= 11 is 5.30. The molecule has 4 aromatic rings. The molecule has 0 unspecified atom stereocenters. The summed E-state index contributed by atoms with van der Waals surface area (Å²) in [6, 6.07) is 27.5. The minimum atomic E-state index is -3.78. The zero-order chi connectivity index (χ0) is 25.3. The number of amides is 1. The van der Waals surface area contributed by atoms with Gasteiger partial charge in [-0.05, 0) is 65.0 Å². The first-order valence-corrected chi connectivity index (χ1v) is 12.9. The summed E-state index contributed by atoms with van der Waals surface area (Å²) in [6.45, 7) is 0.402. The fourth-order valence-electron chi connectivity index (χ4n) is 4.04. The van der Waals surface area contributed by atoms with Gasteiger partial charge in [-0.2, -0.15) is 5.10 Å². The first kappa shape index (κ1) is 23.6. The van der Waals surface area contributed by atoms with E-state index in [2.05, 4.69) is 28.0 Å². The number of benzene rings is 4. The van der Waals surface area contributed by atoms with Crippen molar-refractivity contribution < 1.29 is 13.2 Å². The quantitative estimate of drug-likeness (QED) is 0.276. The predicted molar refractivity (Wildman–Crippen MR) is 145 cm³/mol. The lowest BCUT2D eigenvalue weighted by atomic mass is 10.1. The molecule has 4 aromatic carbocycles. The molecule has 0 aromatic heterocycles. The van der Waals surface area contributed by atoms with E-state index in [-0.39, 0.29) is 21.6 Å². The van der Waals surface area contributed by atoms with Crippen molar-refractivity contribution in [3.05, 3.63) is 102 Å². The summed E-state index contributed by atoms with van der Waals surface area (Å²) in [5.41, 5.74) is 5.99. The highest BCUT2D eigenvalue weighted by Gasteiger charge is 2.34. The Balaban J connectivity index is 1.33. The van der Waals surface area contributed by atoms with Crippen molar-refractivity contribution in [1.82, 2.24) is 5.43 Å². The average Bonchev–Trinajstić information content (AvgIpc) is 3.13. The standard InChI is InChI=1S/C26H21N5O3S2/c27-36(33,34)21-13-11-20(12-14-21)28-26(35)30-29-24-22-7-3-4-8-23(22)31(25(24)32)16-17-9-10-18-5-1-2-6-19(18)15-17/h1-15H,16H2,(H2,27,33,34)(H2,28,30,35)/b29-24-. The summed E-state index contributed by atoms with van der Waals surface area (Å²) in [6.07, 6.45) is 0. The van der Waals surface area contributed by atoms with Crippen LogP contribution in [-0.4, -0.2) is 25.1 Å². The third kappa shape index (κ3) is 4.82. The fraction of sp³-hybridized carbons (Fsp3) is 0.0385. The maximum atomic E-state index is 13.4. The van der Waals surface area contributed by atoms with Crippen LogP contribution in [0, 0.1) is 0 Å². The van der Waals surface area contributed by atoms with E-state index in [1.54, 1.807) is 4.90 Å². The number of carbonyl (C=O) groups is 1. The van der Waals surface area contributed by atoms with Crippen molar-refractivity contribution >= 4 is 61.1 Å². The number of para-hydroxylation sites is 1. The summed E-state index contributed by atoms with van der Waals surface area (Å²) < 4.78 is 22.8. The van der Waals surface area contributed by atoms with Crippen LogP contribution >= 0.6 is 12.2 Å². The number of primary sulfonamides is 1. The van der Waals surface area contributed by atoms with Gasteiger partial charge in [-0.1, -0.05) is 54.6 Å². The van der Waals surface area contributed by atoms with Gasteiger partial charge in [0.15, 0.2) is 10.8 Å². The van der Waals surface area contributed by atoms with Gasteiger partial charge >= 0.3 is 0 Å². The molecule has 0 spiro atoms. The first-order chi connectivity index (χ1) is 17.3. The molecule has 0 saturated carbocycles. The summed E-state index contributed by atoms with van der Waals surface area (Å²) in [7, 11) is -3.78. The number of rotatable bonds is 5. The molecule has 0 atom stereocenters. The Morgan fingerprint density at radius 3 is 2.36 bits per heavy atom. The largest absolute Gasteiger partial charge is 0.331 e. The number of carbonyl (C=O) groups excluding carboxylic acids is 1. The van der Waals surface area contributed by atoms with Crippen molar-refractivity contribution in [3.63, 3.8) is 0 Å². The van der Waals surface area contributed by atoms with Gasteiger partial charge in [-0.15, -0.1) is 0 Å². The first-order valence-electron chi connectivity index (χ1n) is 11.0. The van der Waals surface area contributed by atoms with Crippen LogP contribution in [0.5, 0.6) is 0 Å². The van der Waals surface area contributed by atoms with Gasteiger partial charge in [-0.25, -0.2) is 13.6 Å². The second-order valence-corrected chi connectivity index (χ2v) is 10.2. The third-order valence-corrected chi connectivity index (χ3v) is 6.88. The number of nitrogens with two attached hydrogens (primary N) is 1. The smallest absolute Gasteiger partial charge is 0.279 e. The van der Waals surface area contributed by atoms with Gasteiger partial charge in [0.1, 0.15) is 0 Å². The number of hydrogen-bond acceptors (Lipinski definition) is 5. The number of sulfonamides is 1. The van der Waals surface area contributed by atoms with Crippen molar-refractivity contribution in [2.24, 2.45) is 10.2 Å². The van der Waals surface area contributed by atoms with Gasteiger partial charge < -0.3 is 10.2 Å². The molecule has 1 amide bonds. The number of nitrogens with zero attached hydrogens (tertiary/aromatic N) is 2. The zero-order valence-corrected chi connectivity index (χ0v) is 20.5. The average molecular weight is 516 g/mol. The molecule has 10 heteroatoms. The van der Waals surface area contributed by atoms with Crippen molar-refractivity contribution in [2.75, 3.05) is 10.2 Å². The predicted octanol–water partition coefficient (Wildman–Crippen LogP) is 3.72. The summed E-state index contributed by atoms with van der Waals surface area (Å²) in [5.74, 6) is -0.239. The van der Waals surface area contributed by atoms with Crippen LogP contribution in [0.1, 0.15) is 11.1 Å². The van der Waals surface area contributed by atoms with E-state index in [4.69, 9.17) is 17.4 Å². The molecular formula is C26H21N5O3S2. The molecule has 8 nitrogen and oxygen atoms in total. The van der Waals surface area contributed by atoms with Gasteiger partial charge in [0.2, 0.25) is 10.0 Å². The molecule has 0 bridgehead atoms. The Morgan fingerprint density at radius 2 is 1.61 bits per heavy atom. The van der Waals surface area contributed by atoms with Crippen LogP contribution in [0.15, 0.2) is 101 Å². The number of fused-ring (bicyclic) bond motifs is 2. The van der Waals surface area contributed by atoms with E-state index in [0.717, 1.165) is 22.0 Å². The maximum Gasteiger partial charge on any atom is 0.279 e. The molecule has 1 heterocycles. The zero-order valence-electron chi connectivity index (χ0n) is 18.9. The summed E-state index contributed by atoms with van der Waals surface area (Å²) in [5, 5.41) is 14.7. The number of anilines is 2. The Hall–Kier alpha value is -4.12. The summed E-state index contributed by atoms with van der Waals surface area (Å²) in [4.78, 5) is 15.0. The second kappa shape index (κ2) is 9.50. The van der Waals surface area contributed by atoms with Crippen LogP contribution in [-0.2, 0) is 21.4 Å². The van der Waals surface area contributed by atoms with Crippen LogP contribution in [0.4, 0.5) is 11.4 Å². The molecule has 4 N–H and O–H groups in total. The topological polar surface area (TPSA) is 117 Å². The maximum absolute atomic E-state index is 13.4. The van der Waals surface area contributed by atoms with E-state index >= 15 is 0 Å². The molecule has 1 aliphatic rings. The van der Waals surface area contributed by atoms with Gasteiger partial charge in [0, 0.05) is 11.3 Å². The van der Waals surface area contributed by atoms with Gasteiger partial charge in [-0.3, -0.25) is 10.2 Å². The Labute approximate surface area is 213 Å². The minimum absolute atomic E-state index is 0.00756. The molecule has 1 aliphatic heterocycles. The second-order valence-electron chi connectivity index (χ2n) is 8.19. The molecule has 180 valence electrons.